The molecule has 1 heterocycles. The van der Waals surface area contributed by atoms with E-state index in [0.717, 1.165) is 16.9 Å². The third-order valence-electron chi connectivity index (χ3n) is 3.90. The van der Waals surface area contributed by atoms with E-state index in [1.165, 1.54) is 12.8 Å². The summed E-state index contributed by atoms with van der Waals surface area (Å²) in [7, 11) is 0. The Hall–Kier alpha value is -1.39. The van der Waals surface area contributed by atoms with Crippen LogP contribution in [-0.2, 0) is 0 Å². The van der Waals surface area contributed by atoms with Crippen molar-refractivity contribution in [1.29, 1.82) is 0 Å². The summed E-state index contributed by atoms with van der Waals surface area (Å²) < 4.78 is 2.10. The van der Waals surface area contributed by atoms with Crippen molar-refractivity contribution in [2.45, 2.75) is 31.8 Å². The molecule has 1 aromatic carbocycles. The van der Waals surface area contributed by atoms with E-state index in [0.29, 0.717) is 5.92 Å². The van der Waals surface area contributed by atoms with E-state index >= 15 is 0 Å². The zero-order valence-electron chi connectivity index (χ0n) is 10.6. The number of fused-ring (bicyclic) bond motifs is 1. The molecule has 18 heavy (non-hydrogen) atoms. The second kappa shape index (κ2) is 4.37. The van der Waals surface area contributed by atoms with Crippen molar-refractivity contribution in [2.75, 3.05) is 6.61 Å². The first-order valence-corrected chi connectivity index (χ1v) is 6.52. The summed E-state index contributed by atoms with van der Waals surface area (Å²) in [4.78, 5) is 4.54. The van der Waals surface area contributed by atoms with Crippen molar-refractivity contribution in [2.24, 2.45) is 11.7 Å². The predicted octanol–water partition coefficient (Wildman–Crippen LogP) is 1.62. The smallest absolute Gasteiger partial charge is 0.107 e. The van der Waals surface area contributed by atoms with Gasteiger partial charge < -0.3 is 15.4 Å². The molecule has 0 spiro atoms. The van der Waals surface area contributed by atoms with Gasteiger partial charge in [-0.05, 0) is 37.8 Å². The number of aliphatic hydroxyl groups is 1. The fourth-order valence-corrected chi connectivity index (χ4v) is 2.75. The maximum atomic E-state index is 9.70. The lowest BCUT2D eigenvalue weighted by molar-refractivity contribution is 0.200. The van der Waals surface area contributed by atoms with E-state index < -0.39 is 0 Å². The highest BCUT2D eigenvalue weighted by Crippen LogP contribution is 2.37. The van der Waals surface area contributed by atoms with Gasteiger partial charge in [0.25, 0.3) is 0 Å². The Kier molecular flexibility index (Phi) is 2.84. The zero-order chi connectivity index (χ0) is 12.7. The number of aryl methyl sites for hydroxylation is 1. The second-order valence-corrected chi connectivity index (χ2v) is 5.18. The standard InChI is InChI=1S/C14H19N3O/c1-9-16-11-4-2-3-5-12(11)17(9)13(8-18)14(15)10-6-7-10/h2-5,10,13-14,18H,6-8,15H2,1H3. The molecule has 1 aliphatic rings. The van der Waals surface area contributed by atoms with Crippen LogP contribution in [0.1, 0.15) is 24.7 Å². The maximum Gasteiger partial charge on any atom is 0.107 e. The summed E-state index contributed by atoms with van der Waals surface area (Å²) in [6.45, 7) is 2.04. The van der Waals surface area contributed by atoms with Crippen molar-refractivity contribution >= 4 is 11.0 Å². The molecular formula is C14H19N3O. The summed E-state index contributed by atoms with van der Waals surface area (Å²) in [5, 5.41) is 9.70. The van der Waals surface area contributed by atoms with Crippen molar-refractivity contribution in [3.8, 4) is 0 Å². The molecule has 2 aromatic rings. The largest absolute Gasteiger partial charge is 0.394 e. The molecule has 4 nitrogen and oxygen atoms in total. The number of rotatable bonds is 4. The fraction of sp³-hybridized carbons (Fsp3) is 0.500. The number of imidazole rings is 1. The molecule has 1 saturated carbocycles. The van der Waals surface area contributed by atoms with E-state index in [9.17, 15) is 5.11 Å². The van der Waals surface area contributed by atoms with E-state index in [2.05, 4.69) is 9.55 Å². The quantitative estimate of drug-likeness (QED) is 0.860. The second-order valence-electron chi connectivity index (χ2n) is 5.18. The van der Waals surface area contributed by atoms with Crippen LogP contribution in [0, 0.1) is 12.8 Å². The number of hydrogen-bond donors (Lipinski definition) is 2. The van der Waals surface area contributed by atoms with Gasteiger partial charge in [0, 0.05) is 6.04 Å². The van der Waals surface area contributed by atoms with Crippen LogP contribution in [-0.4, -0.2) is 27.3 Å². The maximum absolute atomic E-state index is 9.70. The van der Waals surface area contributed by atoms with Crippen LogP contribution in [0.3, 0.4) is 0 Å². The first kappa shape index (κ1) is 11.7. The Balaban J connectivity index is 2.07. The highest BCUT2D eigenvalue weighted by molar-refractivity contribution is 5.76. The van der Waals surface area contributed by atoms with E-state index in [4.69, 9.17) is 5.73 Å². The first-order chi connectivity index (χ1) is 8.72. The molecule has 0 saturated heterocycles. The number of nitrogens with zero attached hydrogens (tertiary/aromatic N) is 2. The van der Waals surface area contributed by atoms with E-state index in [1.54, 1.807) is 0 Å². The highest BCUT2D eigenvalue weighted by atomic mass is 16.3. The van der Waals surface area contributed by atoms with Crippen LogP contribution in [0.5, 0.6) is 0 Å². The van der Waals surface area contributed by atoms with Crippen molar-refractivity contribution in [3.05, 3.63) is 30.1 Å². The molecule has 96 valence electrons. The Morgan fingerprint density at radius 2 is 2.17 bits per heavy atom. The van der Waals surface area contributed by atoms with Gasteiger partial charge in [0.05, 0.1) is 23.7 Å². The summed E-state index contributed by atoms with van der Waals surface area (Å²) in [6.07, 6.45) is 2.37. The lowest BCUT2D eigenvalue weighted by Gasteiger charge is -2.25. The number of nitrogens with two attached hydrogens (primary N) is 1. The monoisotopic (exact) mass is 245 g/mol. The van der Waals surface area contributed by atoms with Gasteiger partial charge in [-0.3, -0.25) is 0 Å². The van der Waals surface area contributed by atoms with E-state index in [1.807, 2.05) is 31.2 Å². The Bertz CT molecular complexity index is 559. The molecular weight excluding hydrogens is 226 g/mol. The summed E-state index contributed by atoms with van der Waals surface area (Å²) in [5.41, 5.74) is 8.31. The molecule has 2 unspecified atom stereocenters. The molecule has 2 atom stereocenters. The number of hydrogen-bond acceptors (Lipinski definition) is 3. The summed E-state index contributed by atoms with van der Waals surface area (Å²) in [6, 6.07) is 7.97. The average molecular weight is 245 g/mol. The van der Waals surface area contributed by atoms with Gasteiger partial charge in [-0.1, -0.05) is 12.1 Å². The van der Waals surface area contributed by atoms with Gasteiger partial charge in [-0.15, -0.1) is 0 Å². The minimum atomic E-state index is -0.0649. The lowest BCUT2D eigenvalue weighted by atomic mass is 10.0. The Labute approximate surface area is 106 Å². The van der Waals surface area contributed by atoms with Gasteiger partial charge in [-0.2, -0.15) is 0 Å². The van der Waals surface area contributed by atoms with Crippen LogP contribution in [0.2, 0.25) is 0 Å². The molecule has 0 aliphatic heterocycles. The van der Waals surface area contributed by atoms with Gasteiger partial charge in [0.15, 0.2) is 0 Å². The molecule has 1 aliphatic carbocycles. The van der Waals surface area contributed by atoms with Gasteiger partial charge >= 0.3 is 0 Å². The van der Waals surface area contributed by atoms with Crippen LogP contribution in [0.4, 0.5) is 0 Å². The predicted molar refractivity (Wildman–Crippen MR) is 71.3 cm³/mol. The molecule has 1 aromatic heterocycles. The molecule has 0 bridgehead atoms. The first-order valence-electron chi connectivity index (χ1n) is 6.52. The highest BCUT2D eigenvalue weighted by Gasteiger charge is 2.35. The molecule has 0 amide bonds. The number of benzene rings is 1. The van der Waals surface area contributed by atoms with Gasteiger partial charge in [0.2, 0.25) is 0 Å². The van der Waals surface area contributed by atoms with Crippen molar-refractivity contribution < 1.29 is 5.11 Å². The topological polar surface area (TPSA) is 64.1 Å². The third-order valence-corrected chi connectivity index (χ3v) is 3.90. The number of para-hydroxylation sites is 2. The fourth-order valence-electron chi connectivity index (χ4n) is 2.75. The van der Waals surface area contributed by atoms with Crippen LogP contribution in [0.15, 0.2) is 24.3 Å². The number of aliphatic hydroxyl groups excluding tert-OH is 1. The molecule has 3 rings (SSSR count). The van der Waals surface area contributed by atoms with Gasteiger partial charge in [-0.25, -0.2) is 4.98 Å². The van der Waals surface area contributed by atoms with E-state index in [-0.39, 0.29) is 18.7 Å². The molecule has 0 radical (unpaired) electrons. The lowest BCUT2D eigenvalue weighted by Crippen LogP contribution is -2.36. The van der Waals surface area contributed by atoms with Crippen molar-refractivity contribution in [3.63, 3.8) is 0 Å². The van der Waals surface area contributed by atoms with Crippen LogP contribution >= 0.6 is 0 Å². The summed E-state index contributed by atoms with van der Waals surface area (Å²) >= 11 is 0. The van der Waals surface area contributed by atoms with Crippen LogP contribution < -0.4 is 5.73 Å². The normalized spacial score (nSPS) is 19.1. The Morgan fingerprint density at radius 1 is 1.44 bits per heavy atom. The minimum absolute atomic E-state index is 0.0197. The SMILES string of the molecule is Cc1nc2ccccc2n1C(CO)C(N)C1CC1. The van der Waals surface area contributed by atoms with Crippen molar-refractivity contribution in [1.82, 2.24) is 9.55 Å². The Morgan fingerprint density at radius 3 is 2.83 bits per heavy atom. The zero-order valence-corrected chi connectivity index (χ0v) is 10.6. The third kappa shape index (κ3) is 1.82. The number of aromatic nitrogens is 2. The molecule has 4 heteroatoms. The van der Waals surface area contributed by atoms with Crippen LogP contribution in [0.25, 0.3) is 11.0 Å². The average Bonchev–Trinajstić information content (AvgIpc) is 3.16. The summed E-state index contributed by atoms with van der Waals surface area (Å²) in [5.74, 6) is 1.48. The molecule has 3 N–H and O–H groups in total. The molecule has 1 fully saturated rings. The minimum Gasteiger partial charge on any atom is -0.394 e. The van der Waals surface area contributed by atoms with Gasteiger partial charge in [0.1, 0.15) is 5.82 Å².